The number of rotatable bonds is 0. The van der Waals surface area contributed by atoms with E-state index in [9.17, 15) is 0 Å². The van der Waals surface area contributed by atoms with E-state index < -0.39 is 55.8 Å². The first kappa shape index (κ1) is 30.4. The molecule has 0 aliphatic rings. The monoisotopic (exact) mass is 499 g/mol. The van der Waals surface area contributed by atoms with Gasteiger partial charge in [-0.05, 0) is 0 Å². The predicted molar refractivity (Wildman–Crippen MR) is 7.81 cm³/mol. The summed E-state index contributed by atoms with van der Waals surface area (Å²) in [7, 11) is 0. The van der Waals surface area contributed by atoms with E-state index in [2.05, 4.69) is 0 Å². The SMILES string of the molecule is [Ga+3].[Nd+3].[O]=[Ti]([O-])[O-].[O]=[Ti]([O-])[O-].[O]=[Ti]([O-])[O-]. The number of hydrogen-bond donors (Lipinski definition) is 0. The van der Waals surface area contributed by atoms with Gasteiger partial charge in [-0.15, -0.1) is 0 Å². The summed E-state index contributed by atoms with van der Waals surface area (Å²) in [4.78, 5) is 0. The topological polar surface area (TPSA) is 190 Å². The molecule has 0 fully saturated rings. The summed E-state index contributed by atoms with van der Waals surface area (Å²) in [5.41, 5.74) is 0. The van der Waals surface area contributed by atoms with Crippen LogP contribution in [0.1, 0.15) is 0 Å². The third kappa shape index (κ3) is 288. The molecule has 0 saturated heterocycles. The fourth-order valence-electron chi connectivity index (χ4n) is 0. The van der Waals surface area contributed by atoms with Crippen LogP contribution in [0.5, 0.6) is 0 Å². The van der Waals surface area contributed by atoms with E-state index in [1.165, 1.54) is 0 Å². The third-order valence-corrected chi connectivity index (χ3v) is 0. The first-order valence-electron chi connectivity index (χ1n) is 1.84. The fraction of sp³-hybridized carbons (Fsp3) is 0. The molecule has 0 spiro atoms. The van der Waals surface area contributed by atoms with E-state index in [0.717, 1.165) is 0 Å². The molecule has 14 heavy (non-hydrogen) atoms. The van der Waals surface area contributed by atoms with Crippen molar-refractivity contribution in [2.75, 3.05) is 0 Å². The Morgan fingerprint density at radius 3 is 0.571 bits per heavy atom. The van der Waals surface area contributed by atoms with Gasteiger partial charge in [0.15, 0.2) is 0 Å². The second-order valence-electron chi connectivity index (χ2n) is 0.750. The van der Waals surface area contributed by atoms with Crippen LogP contribution in [0, 0.1) is 40.8 Å². The van der Waals surface area contributed by atoms with Crippen molar-refractivity contribution in [1.29, 1.82) is 0 Å². The molecule has 0 rings (SSSR count). The zero-order chi connectivity index (χ0) is 10.7. The van der Waals surface area contributed by atoms with Gasteiger partial charge in [0.1, 0.15) is 0 Å². The van der Waals surface area contributed by atoms with Gasteiger partial charge in [-0.2, -0.15) is 0 Å². The van der Waals surface area contributed by atoms with Crippen LogP contribution in [0.15, 0.2) is 0 Å². The predicted octanol–water partition coefficient (Wildman–Crippen LogP) is -7.88. The van der Waals surface area contributed by atoms with E-state index in [4.69, 9.17) is 32.1 Å². The van der Waals surface area contributed by atoms with Crippen LogP contribution in [-0.4, -0.2) is 19.8 Å². The third-order valence-electron chi connectivity index (χ3n) is 0. The average Bonchev–Trinajstić information content (AvgIpc) is 1.54. The van der Waals surface area contributed by atoms with E-state index >= 15 is 0 Å². The quantitative estimate of drug-likeness (QED) is 0.290. The van der Waals surface area contributed by atoms with Gasteiger partial charge in [0.25, 0.3) is 0 Å². The molecule has 0 aromatic rings. The Morgan fingerprint density at radius 2 is 0.571 bits per heavy atom. The van der Waals surface area contributed by atoms with Gasteiger partial charge in [-0.3, -0.25) is 0 Å². The van der Waals surface area contributed by atoms with Gasteiger partial charge < -0.3 is 0 Å². The summed E-state index contributed by atoms with van der Waals surface area (Å²) in [6, 6.07) is 0. The van der Waals surface area contributed by atoms with Crippen molar-refractivity contribution in [3.8, 4) is 0 Å². The first-order chi connectivity index (χ1) is 5.20. The zero-order valence-corrected chi connectivity index (χ0v) is 16.6. The Kier molecular flexibility index (Phi) is 54.7. The molecule has 0 unspecified atom stereocenters. The molecule has 0 bridgehead atoms. The Hall–Kier alpha value is 3.29. The maximum absolute atomic E-state index is 8.58. The Morgan fingerprint density at radius 1 is 0.571 bits per heavy atom. The van der Waals surface area contributed by atoms with Gasteiger partial charge in [-0.1, -0.05) is 0 Å². The molecular weight excluding hydrogens is 502 g/mol. The van der Waals surface area contributed by atoms with Gasteiger partial charge in [0.2, 0.25) is 0 Å². The first-order valence-corrected chi connectivity index (χ1v) is 7.57. The van der Waals surface area contributed by atoms with Crippen LogP contribution in [0.2, 0.25) is 0 Å². The van der Waals surface area contributed by atoms with Crippen LogP contribution < -0.4 is 22.1 Å². The van der Waals surface area contributed by atoms with Crippen LogP contribution in [0.4, 0.5) is 0 Å². The standard InChI is InChI=1S/Ga.Nd.9O.3Ti/q2*+3;;;;6*-1;;;. The second-order valence-corrected chi connectivity index (χ2v) is 3.09. The molecule has 0 atom stereocenters. The zero-order valence-electron chi connectivity index (χ0n) is 6.25. The molecule has 0 aliphatic heterocycles. The maximum atomic E-state index is 8.58. The molecule has 0 N–H and O–H groups in total. The molecular formula is GaNdO9Ti3. The van der Waals surface area contributed by atoms with Crippen molar-refractivity contribution in [3.63, 3.8) is 0 Å². The number of hydrogen-bond acceptors (Lipinski definition) is 9. The van der Waals surface area contributed by atoms with E-state index in [0.29, 0.717) is 0 Å². The van der Waals surface area contributed by atoms with Crippen LogP contribution in [-0.2, 0) is 65.8 Å². The van der Waals surface area contributed by atoms with Gasteiger partial charge >= 0.3 is 149 Å². The van der Waals surface area contributed by atoms with Crippen molar-refractivity contribution in [2.24, 2.45) is 0 Å². The Bertz CT molecular complexity index is 118. The molecule has 0 amide bonds. The van der Waals surface area contributed by atoms with Gasteiger partial charge in [0.05, 0.1) is 0 Å². The molecule has 0 aromatic carbocycles. The van der Waals surface area contributed by atoms with Gasteiger partial charge in [-0.25, -0.2) is 0 Å². The molecule has 14 heteroatoms. The van der Waals surface area contributed by atoms with Crippen molar-refractivity contribution in [3.05, 3.63) is 0 Å². The van der Waals surface area contributed by atoms with Crippen LogP contribution in [0.25, 0.3) is 0 Å². The molecule has 0 aliphatic carbocycles. The average molecular weight is 502 g/mol. The van der Waals surface area contributed by atoms with Crippen molar-refractivity contribution >= 4 is 19.8 Å². The van der Waals surface area contributed by atoms with E-state index in [1.54, 1.807) is 0 Å². The van der Waals surface area contributed by atoms with Crippen molar-refractivity contribution < 1.29 is 129 Å². The molecule has 9 nitrogen and oxygen atoms in total. The molecule has 0 aromatic heterocycles. The summed E-state index contributed by atoms with van der Waals surface area (Å²) >= 11 is -12.2. The molecule has 1 radical (unpaired) electrons. The molecule has 0 saturated carbocycles. The summed E-state index contributed by atoms with van der Waals surface area (Å²) < 4.78 is 77.2. The Balaban J connectivity index is -0.0000000270. The van der Waals surface area contributed by atoms with Crippen LogP contribution in [0.3, 0.4) is 0 Å². The minimum atomic E-state index is -4.08. The van der Waals surface area contributed by atoms with Crippen molar-refractivity contribution in [1.82, 2.24) is 0 Å². The normalized spacial score (nSPS) is 5.57. The summed E-state index contributed by atoms with van der Waals surface area (Å²) in [5.74, 6) is 0. The van der Waals surface area contributed by atoms with Crippen LogP contribution >= 0.6 is 0 Å². The minimum absolute atomic E-state index is 0. The summed E-state index contributed by atoms with van der Waals surface area (Å²) in [5, 5.41) is 0. The molecule has 73 valence electrons. The van der Waals surface area contributed by atoms with E-state index in [1.807, 2.05) is 0 Å². The summed E-state index contributed by atoms with van der Waals surface area (Å²) in [6.45, 7) is 0. The Labute approximate surface area is 145 Å². The van der Waals surface area contributed by atoms with Gasteiger partial charge in [0, 0.05) is 0 Å². The fourth-order valence-corrected chi connectivity index (χ4v) is 0. The second kappa shape index (κ2) is 25.2. The summed E-state index contributed by atoms with van der Waals surface area (Å²) in [6.07, 6.45) is 0. The molecule has 0 heterocycles. The van der Waals surface area contributed by atoms with E-state index in [-0.39, 0.29) is 60.6 Å². The van der Waals surface area contributed by atoms with Crippen molar-refractivity contribution in [2.45, 2.75) is 0 Å².